The fourth-order valence-corrected chi connectivity index (χ4v) is 4.23. The minimum atomic E-state index is -0.767. The number of aliphatic hydroxyl groups excluding tert-OH is 1. The zero-order valence-corrected chi connectivity index (χ0v) is 24.5. The highest BCUT2D eigenvalue weighted by molar-refractivity contribution is 5.70. The summed E-state index contributed by atoms with van der Waals surface area (Å²) in [6.45, 7) is 18.1. The lowest BCUT2D eigenvalue weighted by atomic mass is 9.93. The van der Waals surface area contributed by atoms with Crippen LogP contribution in [0.5, 0.6) is 0 Å². The van der Waals surface area contributed by atoms with Gasteiger partial charge in [-0.3, -0.25) is 4.79 Å². The van der Waals surface area contributed by atoms with Crippen molar-refractivity contribution in [2.75, 3.05) is 6.61 Å². The van der Waals surface area contributed by atoms with Crippen LogP contribution < -0.4 is 0 Å². The highest BCUT2D eigenvalue weighted by Gasteiger charge is 2.13. The molecule has 0 spiro atoms. The monoisotopic (exact) mass is 490 g/mol. The molecule has 35 heavy (non-hydrogen) atoms. The number of aliphatic hydroxyl groups is 1. The van der Waals surface area contributed by atoms with E-state index < -0.39 is 6.10 Å². The van der Waals surface area contributed by atoms with Gasteiger partial charge < -0.3 is 9.84 Å². The van der Waals surface area contributed by atoms with E-state index in [1.54, 1.807) is 6.08 Å². The molecule has 1 N–H and O–H groups in total. The Balaban J connectivity index is 4.04. The summed E-state index contributed by atoms with van der Waals surface area (Å²) in [7, 11) is 0. The summed E-state index contributed by atoms with van der Waals surface area (Å²) in [6.07, 6.45) is 18.5. The molecule has 204 valence electrons. The summed E-state index contributed by atoms with van der Waals surface area (Å²) in [6, 6.07) is 0. The number of carbonyl (C=O) groups excluding carboxylic acids is 1. The number of hydrogen-bond donors (Lipinski definition) is 1. The van der Waals surface area contributed by atoms with E-state index in [1.165, 1.54) is 49.7 Å². The van der Waals surface area contributed by atoms with Gasteiger partial charge in [0.25, 0.3) is 0 Å². The van der Waals surface area contributed by atoms with Crippen molar-refractivity contribution in [2.45, 2.75) is 139 Å². The molecule has 3 nitrogen and oxygen atoms in total. The third kappa shape index (κ3) is 21.6. The van der Waals surface area contributed by atoms with E-state index in [0.717, 1.165) is 49.5 Å². The van der Waals surface area contributed by atoms with Crippen molar-refractivity contribution in [3.8, 4) is 0 Å². The first kappa shape index (κ1) is 33.7. The second-order valence-electron chi connectivity index (χ2n) is 11.5. The van der Waals surface area contributed by atoms with Crippen molar-refractivity contribution in [1.29, 1.82) is 0 Å². The lowest BCUT2D eigenvalue weighted by Crippen LogP contribution is -2.17. The van der Waals surface area contributed by atoms with Gasteiger partial charge in [-0.05, 0) is 77.6 Å². The number of rotatable bonds is 20. The molecule has 0 saturated carbocycles. The van der Waals surface area contributed by atoms with Crippen molar-refractivity contribution < 1.29 is 14.6 Å². The van der Waals surface area contributed by atoms with Crippen molar-refractivity contribution >= 4 is 5.97 Å². The van der Waals surface area contributed by atoms with Gasteiger partial charge in [-0.1, -0.05) is 101 Å². The maximum Gasteiger partial charge on any atom is 0.308 e. The Labute approximate surface area is 218 Å². The third-order valence-corrected chi connectivity index (χ3v) is 6.99. The molecule has 0 fully saturated rings. The molecule has 0 aliphatic carbocycles. The minimum Gasteiger partial charge on any atom is -0.465 e. The molecular weight excluding hydrogens is 432 g/mol. The fourth-order valence-electron chi connectivity index (χ4n) is 4.23. The Morgan fingerprint density at radius 1 is 0.800 bits per heavy atom. The van der Waals surface area contributed by atoms with Gasteiger partial charge in [0.1, 0.15) is 0 Å². The van der Waals surface area contributed by atoms with Gasteiger partial charge in [0.2, 0.25) is 0 Å². The van der Waals surface area contributed by atoms with Crippen LogP contribution in [0.1, 0.15) is 132 Å². The highest BCUT2D eigenvalue weighted by atomic mass is 16.5. The van der Waals surface area contributed by atoms with Crippen LogP contribution in [0.15, 0.2) is 34.9 Å². The first-order chi connectivity index (χ1) is 16.5. The van der Waals surface area contributed by atoms with Crippen LogP contribution in [-0.4, -0.2) is 23.8 Å². The zero-order chi connectivity index (χ0) is 26.6. The van der Waals surface area contributed by atoms with Gasteiger partial charge in [-0.2, -0.15) is 0 Å². The molecule has 0 radical (unpaired) electrons. The Hall–Kier alpha value is -1.35. The number of carbonyl (C=O) groups is 1. The maximum absolute atomic E-state index is 12.1. The van der Waals surface area contributed by atoms with E-state index in [-0.39, 0.29) is 12.4 Å². The van der Waals surface area contributed by atoms with Crippen LogP contribution in [0.2, 0.25) is 0 Å². The number of ether oxygens (including phenoxy) is 1. The first-order valence-electron chi connectivity index (χ1n) is 14.3. The average Bonchev–Trinajstić information content (AvgIpc) is 2.77. The number of esters is 1. The van der Waals surface area contributed by atoms with E-state index in [2.05, 4.69) is 60.6 Å². The summed E-state index contributed by atoms with van der Waals surface area (Å²) >= 11 is 0. The smallest absolute Gasteiger partial charge is 0.308 e. The molecule has 0 aliphatic rings. The predicted octanol–water partition coefficient (Wildman–Crippen LogP) is 9.36. The highest BCUT2D eigenvalue weighted by Crippen LogP contribution is 2.20. The molecule has 4 atom stereocenters. The Morgan fingerprint density at radius 2 is 1.34 bits per heavy atom. The molecule has 0 heterocycles. The lowest BCUT2D eigenvalue weighted by molar-refractivity contribution is -0.146. The molecule has 0 bridgehead atoms. The van der Waals surface area contributed by atoms with Crippen molar-refractivity contribution in [3.05, 3.63) is 34.9 Å². The van der Waals surface area contributed by atoms with Gasteiger partial charge >= 0.3 is 5.97 Å². The van der Waals surface area contributed by atoms with E-state index in [9.17, 15) is 9.90 Å². The summed E-state index contributed by atoms with van der Waals surface area (Å²) in [5.41, 5.74) is 3.89. The van der Waals surface area contributed by atoms with Gasteiger partial charge in [0, 0.05) is 0 Å². The molecule has 3 heteroatoms. The second-order valence-corrected chi connectivity index (χ2v) is 11.5. The normalized spacial score (nSPS) is 15.9. The summed E-state index contributed by atoms with van der Waals surface area (Å²) < 4.78 is 5.44. The molecule has 0 aliphatic heterocycles. The Morgan fingerprint density at radius 3 is 1.94 bits per heavy atom. The molecular formula is C32H58O3. The number of allylic oxidation sites excluding steroid dienone is 5. The van der Waals surface area contributed by atoms with Gasteiger partial charge in [0.15, 0.2) is 0 Å². The van der Waals surface area contributed by atoms with Gasteiger partial charge in [-0.25, -0.2) is 0 Å². The Bertz CT molecular complexity index is 639. The van der Waals surface area contributed by atoms with E-state index in [4.69, 9.17) is 4.74 Å². The minimum absolute atomic E-state index is 0.0366. The summed E-state index contributed by atoms with van der Waals surface area (Å²) in [5.74, 6) is 1.69. The standard InChI is InChI=1S/C32H58O3/c1-9-26(4)15-11-17-28(6)19-13-21-30(8)24-35-32(34)23-31(33)22-29(7)20-12-18-27(5)16-10-14-25(2)3/h14,18,22,26,28,30-31,33H,9-13,15-17,19-21,23-24H2,1-8H3/b27-18+,29-22+. The maximum atomic E-state index is 12.1. The number of hydrogen-bond acceptors (Lipinski definition) is 3. The van der Waals surface area contributed by atoms with E-state index in [1.807, 2.05) is 6.92 Å². The largest absolute Gasteiger partial charge is 0.465 e. The topological polar surface area (TPSA) is 46.5 Å². The fraction of sp³-hybridized carbons (Fsp3) is 0.781. The summed E-state index contributed by atoms with van der Waals surface area (Å²) in [5, 5.41) is 10.3. The second kappa shape index (κ2) is 20.8. The molecule has 0 aromatic heterocycles. The van der Waals surface area contributed by atoms with Crippen LogP contribution in [0.25, 0.3) is 0 Å². The van der Waals surface area contributed by atoms with Gasteiger partial charge in [0.05, 0.1) is 19.1 Å². The molecule has 0 saturated heterocycles. The average molecular weight is 491 g/mol. The molecule has 0 aromatic carbocycles. The SMILES string of the molecule is CCC(C)CCCC(C)CCCC(C)COC(=O)CC(O)/C=C(\C)CC/C=C(\C)CCC=C(C)C. The molecule has 0 aromatic rings. The van der Waals surface area contributed by atoms with Crippen LogP contribution >= 0.6 is 0 Å². The van der Waals surface area contributed by atoms with Crippen molar-refractivity contribution in [3.63, 3.8) is 0 Å². The lowest BCUT2D eigenvalue weighted by Gasteiger charge is -2.16. The van der Waals surface area contributed by atoms with Crippen LogP contribution in [-0.2, 0) is 9.53 Å². The summed E-state index contributed by atoms with van der Waals surface area (Å²) in [4.78, 5) is 12.1. The van der Waals surface area contributed by atoms with Crippen molar-refractivity contribution in [1.82, 2.24) is 0 Å². The Kier molecular flexibility index (Phi) is 20.0. The van der Waals surface area contributed by atoms with E-state index in [0.29, 0.717) is 12.5 Å². The zero-order valence-electron chi connectivity index (χ0n) is 24.5. The molecule has 0 rings (SSSR count). The quantitative estimate of drug-likeness (QED) is 0.136. The predicted molar refractivity (Wildman–Crippen MR) is 152 cm³/mol. The molecule has 0 amide bonds. The van der Waals surface area contributed by atoms with E-state index >= 15 is 0 Å². The van der Waals surface area contributed by atoms with Crippen LogP contribution in [0.4, 0.5) is 0 Å². The third-order valence-electron chi connectivity index (χ3n) is 6.99. The van der Waals surface area contributed by atoms with Crippen molar-refractivity contribution in [2.24, 2.45) is 17.8 Å². The van der Waals surface area contributed by atoms with Gasteiger partial charge in [-0.15, -0.1) is 0 Å². The molecule has 4 unspecified atom stereocenters. The van der Waals surface area contributed by atoms with Crippen LogP contribution in [0.3, 0.4) is 0 Å². The first-order valence-corrected chi connectivity index (χ1v) is 14.3. The van der Waals surface area contributed by atoms with Crippen LogP contribution in [0, 0.1) is 17.8 Å².